The number of aliphatic carboxylic acids is 1. The molecule has 6 rings (SSSR count). The smallest absolute Gasteiger partial charge is 0.402 e. The zero-order chi connectivity index (χ0) is 43.7. The molecule has 0 bridgehead atoms. The van der Waals surface area contributed by atoms with Crippen LogP contribution in [0.25, 0.3) is 22.3 Å². The van der Waals surface area contributed by atoms with Crippen molar-refractivity contribution in [1.82, 2.24) is 0 Å². The maximum absolute atomic E-state index is 12.0. The molecule has 24 nitrogen and oxygen atoms in total. The van der Waals surface area contributed by atoms with Crippen LogP contribution < -0.4 is 9.47 Å². The first-order valence-corrected chi connectivity index (χ1v) is 18.1. The van der Waals surface area contributed by atoms with Crippen LogP contribution >= 0.6 is 0 Å². The van der Waals surface area contributed by atoms with Crippen molar-refractivity contribution < 1.29 is 119 Å². The van der Waals surface area contributed by atoms with E-state index in [2.05, 4.69) is 0 Å². The van der Waals surface area contributed by atoms with Gasteiger partial charge in [-0.05, 0) is 12.1 Å². The Balaban J connectivity index is 1.25. The normalized spacial score (nSPS) is 34.5. The summed E-state index contributed by atoms with van der Waals surface area (Å²) >= 11 is 0. The fourth-order valence-corrected chi connectivity index (χ4v) is 6.62. The highest BCUT2D eigenvalue weighted by molar-refractivity contribution is 5.90. The number of benzene rings is 2. The lowest BCUT2D eigenvalue weighted by Gasteiger charge is -2.45. The number of fused-ring (bicyclic) bond motifs is 1. The standard InChI is InChI=1S/C36H42O24/c37-8-19-24(45)27(48)29(50)34(57-19)56-17-2-1-11(3-15(17)40)32-16(41)6-13-14(39)4-12(5-18(13)55-32)54-36-31(52)33(26(47)21(59-36)10-53-23(44)7-22(42)43)60-35-30(51)28(49)25(46)20(9-38)58-35/h1-6,19-21,24-31,33-38,45-52H,7-10H2,(H3-,39,40,41,42,43)/p+1/t19-,20-,21+,24-,25-,26-,27+,28+,29+,30-,31?,33+,34-,35+,36-/m1/s1. The number of hydrogen-bond donors (Lipinski definition) is 14. The summed E-state index contributed by atoms with van der Waals surface area (Å²) in [5, 5.41) is 144. The molecule has 330 valence electrons. The van der Waals surface area contributed by atoms with Gasteiger partial charge in [-0.25, -0.2) is 4.42 Å². The number of rotatable bonds is 13. The monoisotopic (exact) mass is 859 g/mol. The van der Waals surface area contributed by atoms with Crippen LogP contribution in [0, 0.1) is 0 Å². The lowest BCUT2D eigenvalue weighted by atomic mass is 9.97. The van der Waals surface area contributed by atoms with Gasteiger partial charge in [-0.15, -0.1) is 0 Å². The maximum Gasteiger partial charge on any atom is 0.402 e. The molecule has 4 heterocycles. The maximum atomic E-state index is 12.0. The second kappa shape index (κ2) is 18.5. The first kappa shape index (κ1) is 44.8. The van der Waals surface area contributed by atoms with E-state index in [9.17, 15) is 76.0 Å². The molecule has 2 aromatic carbocycles. The van der Waals surface area contributed by atoms with Crippen LogP contribution in [-0.2, 0) is 33.3 Å². The fraction of sp³-hybridized carbons (Fsp3) is 0.528. The lowest BCUT2D eigenvalue weighted by Crippen LogP contribution is -2.65. The van der Waals surface area contributed by atoms with Gasteiger partial charge in [0, 0.05) is 18.2 Å². The van der Waals surface area contributed by atoms with Crippen molar-refractivity contribution in [2.45, 2.75) is 98.5 Å². The molecule has 15 atom stereocenters. The number of carboxylic acids is 1. The molecule has 3 aliphatic heterocycles. The molecule has 0 spiro atoms. The number of phenolic OH excluding ortho intramolecular Hbond substituents is 2. The van der Waals surface area contributed by atoms with Crippen molar-refractivity contribution in [3.8, 4) is 40.1 Å². The number of esters is 1. The van der Waals surface area contributed by atoms with Gasteiger partial charge in [0.05, 0.1) is 24.8 Å². The first-order chi connectivity index (χ1) is 28.4. The van der Waals surface area contributed by atoms with Crippen molar-refractivity contribution in [2.24, 2.45) is 0 Å². The van der Waals surface area contributed by atoms with Gasteiger partial charge in [-0.1, -0.05) is 0 Å². The lowest BCUT2D eigenvalue weighted by molar-refractivity contribution is -0.353. The highest BCUT2D eigenvalue weighted by Crippen LogP contribution is 2.42. The van der Waals surface area contributed by atoms with E-state index >= 15 is 0 Å². The van der Waals surface area contributed by atoms with Crippen molar-refractivity contribution in [3.05, 3.63) is 36.4 Å². The number of aromatic hydroxyl groups is 3. The highest BCUT2D eigenvalue weighted by Gasteiger charge is 2.52. The Bertz CT molecular complexity index is 1990. The van der Waals surface area contributed by atoms with Gasteiger partial charge in [0.15, 0.2) is 17.8 Å². The molecule has 0 radical (unpaired) electrons. The van der Waals surface area contributed by atoms with E-state index in [4.69, 9.17) is 42.7 Å². The number of ether oxygens (including phenoxy) is 7. The average Bonchev–Trinajstić information content (AvgIpc) is 3.20. The minimum Gasteiger partial charge on any atom is -0.507 e. The van der Waals surface area contributed by atoms with Crippen LogP contribution in [0.15, 0.2) is 40.8 Å². The molecular weight excluding hydrogens is 816 g/mol. The van der Waals surface area contributed by atoms with E-state index in [0.29, 0.717) is 0 Å². The third-order valence-electron chi connectivity index (χ3n) is 9.87. The number of carboxylic acid groups (broad SMARTS) is 1. The SMILES string of the molecule is O=C(O)CC(=O)OC[C@@H]1O[C@@H](Oc2cc(O)c3cc(O)c(-c4ccc(O[C@@H]5O[C@H](CO)[C@@H](O)[C@H](O)[C@@H]5O)c(O)c4)[o+]c3c2)C(O)[C@@H](O[C@@H]2O[C@H](CO)[C@@H](O)[C@H](O)[C@H]2O)[C@@H]1O. The molecule has 60 heavy (non-hydrogen) atoms. The molecule has 3 saturated heterocycles. The summed E-state index contributed by atoms with van der Waals surface area (Å²) in [6.07, 6.45) is -27.6. The third kappa shape index (κ3) is 9.26. The van der Waals surface area contributed by atoms with Crippen LogP contribution in [0.1, 0.15) is 6.42 Å². The largest absolute Gasteiger partial charge is 0.507 e. The summed E-state index contributed by atoms with van der Waals surface area (Å²) in [4.78, 5) is 23.0. The van der Waals surface area contributed by atoms with Gasteiger partial charge < -0.3 is 105 Å². The quantitative estimate of drug-likeness (QED) is 0.0439. The van der Waals surface area contributed by atoms with Crippen LogP contribution in [0.4, 0.5) is 0 Å². The second-order valence-electron chi connectivity index (χ2n) is 14.0. The van der Waals surface area contributed by atoms with Gasteiger partial charge in [0.25, 0.3) is 0 Å². The molecule has 1 unspecified atom stereocenters. The number of carbonyl (C=O) groups is 2. The first-order valence-electron chi connectivity index (χ1n) is 18.1. The van der Waals surface area contributed by atoms with Crippen LogP contribution in [-0.4, -0.2) is 195 Å². The molecule has 3 aliphatic rings. The van der Waals surface area contributed by atoms with Crippen molar-refractivity contribution >= 4 is 22.9 Å². The molecule has 0 aliphatic carbocycles. The molecular formula is C36H43O24+. The van der Waals surface area contributed by atoms with Crippen LogP contribution in [0.3, 0.4) is 0 Å². The summed E-state index contributed by atoms with van der Waals surface area (Å²) in [7, 11) is 0. The molecule has 1 aromatic heterocycles. The summed E-state index contributed by atoms with van der Waals surface area (Å²) < 4.78 is 44.0. The number of aliphatic hydroxyl groups excluding tert-OH is 10. The third-order valence-corrected chi connectivity index (χ3v) is 9.87. The van der Waals surface area contributed by atoms with Gasteiger partial charge in [0.2, 0.25) is 18.3 Å². The summed E-state index contributed by atoms with van der Waals surface area (Å²) in [5.74, 6) is -5.34. The number of phenols is 2. The molecule has 0 saturated carbocycles. The van der Waals surface area contributed by atoms with Crippen LogP contribution in [0.2, 0.25) is 0 Å². The van der Waals surface area contributed by atoms with E-state index in [1.807, 2.05) is 0 Å². The Morgan fingerprint density at radius 3 is 1.85 bits per heavy atom. The minimum atomic E-state index is -2.03. The Hall–Kier alpha value is -4.77. The van der Waals surface area contributed by atoms with E-state index in [-0.39, 0.29) is 33.8 Å². The summed E-state index contributed by atoms with van der Waals surface area (Å²) in [6, 6.07) is 6.80. The highest BCUT2D eigenvalue weighted by atomic mass is 16.7. The van der Waals surface area contributed by atoms with E-state index in [0.717, 1.165) is 24.3 Å². The minimum absolute atomic E-state index is 0.0207. The number of carbonyl (C=O) groups excluding carboxylic acids is 1. The van der Waals surface area contributed by atoms with Crippen LogP contribution in [0.5, 0.6) is 28.7 Å². The second-order valence-corrected chi connectivity index (χ2v) is 14.0. The Labute approximate surface area is 336 Å². The Morgan fingerprint density at radius 2 is 1.23 bits per heavy atom. The average molecular weight is 860 g/mol. The zero-order valence-electron chi connectivity index (χ0n) is 30.8. The summed E-state index contributed by atoms with van der Waals surface area (Å²) in [6.45, 7) is -2.42. The molecule has 3 fully saturated rings. The fourth-order valence-electron chi connectivity index (χ4n) is 6.62. The molecule has 24 heteroatoms. The molecule has 0 amide bonds. The van der Waals surface area contributed by atoms with Crippen molar-refractivity contribution in [3.63, 3.8) is 0 Å². The van der Waals surface area contributed by atoms with E-state index in [1.165, 1.54) is 12.1 Å². The predicted molar refractivity (Wildman–Crippen MR) is 189 cm³/mol. The van der Waals surface area contributed by atoms with Crippen molar-refractivity contribution in [1.29, 1.82) is 0 Å². The van der Waals surface area contributed by atoms with Gasteiger partial charge in [-0.3, -0.25) is 9.59 Å². The Kier molecular flexibility index (Phi) is 13.8. The van der Waals surface area contributed by atoms with E-state index < -0.39 is 148 Å². The number of hydrogen-bond acceptors (Lipinski definition) is 22. The zero-order valence-corrected chi connectivity index (χ0v) is 30.8. The van der Waals surface area contributed by atoms with Gasteiger partial charge in [0.1, 0.15) is 103 Å². The Morgan fingerprint density at radius 1 is 0.633 bits per heavy atom. The number of aliphatic hydroxyl groups is 10. The van der Waals surface area contributed by atoms with E-state index in [1.54, 1.807) is 0 Å². The topological polar surface area (TPSA) is 393 Å². The molecule has 3 aromatic rings. The summed E-state index contributed by atoms with van der Waals surface area (Å²) in [5.41, 5.74) is -0.162. The van der Waals surface area contributed by atoms with Crippen molar-refractivity contribution in [2.75, 3.05) is 19.8 Å². The predicted octanol–water partition coefficient (Wildman–Crippen LogP) is -4.30. The van der Waals surface area contributed by atoms with Gasteiger partial charge >= 0.3 is 23.3 Å². The molecule has 14 N–H and O–H groups in total. The van der Waals surface area contributed by atoms with Gasteiger partial charge in [-0.2, -0.15) is 0 Å².